The van der Waals surface area contributed by atoms with Gasteiger partial charge in [0.25, 0.3) is 0 Å². The van der Waals surface area contributed by atoms with Crippen LogP contribution in [0.2, 0.25) is 40.2 Å². The third kappa shape index (κ3) is 26.1. The third-order valence-corrected chi connectivity index (χ3v) is 20.5. The Bertz CT molecular complexity index is 5500. The summed E-state index contributed by atoms with van der Waals surface area (Å²) in [6.07, 6.45) is 0. The number of carbonyl (C=O) groups is 2. The summed E-state index contributed by atoms with van der Waals surface area (Å²) < 4.78 is 255. The summed E-state index contributed by atoms with van der Waals surface area (Å²) in [5, 5.41) is 29.1. The summed E-state index contributed by atoms with van der Waals surface area (Å²) in [5.74, 6) is -30.4. The van der Waals surface area contributed by atoms with E-state index in [1.54, 1.807) is 109 Å². The predicted molar refractivity (Wildman–Crippen MR) is 414 cm³/mol. The molecule has 0 radical (unpaired) electrons. The molecule has 0 aliphatic heterocycles. The van der Waals surface area contributed by atoms with Gasteiger partial charge in [-0.25, -0.2) is 87.1 Å². The SMILES string of the molecule is Fc1c(F)c(F)c(-c2c(F)c(F)c(F)c(F)c2F)c(F)c1F.N#Cc1c(Cl)cccc1Cl.N#Cc1c(F)cccc1F.N#Cc1ccc(Cl)cc1Cl.O=C(c1ccc(Cl)cc1)c1ccc(Cl)cc1.O=C(c1ccc(F)cc1)c1ccc(F)cc1.O=S(=O)(c1ccc(Cl)cc1)c1ccc(Cl)cc1.O=S(=O)(c1ccc(F)cc1)c1ccc(F)cc1. The van der Waals surface area contributed by atoms with Gasteiger partial charge in [0.15, 0.2) is 58.1 Å². The van der Waals surface area contributed by atoms with E-state index in [1.807, 2.05) is 12.1 Å². The molecule has 9 nitrogen and oxygen atoms in total. The second-order valence-electron chi connectivity index (χ2n) is 22.6. The van der Waals surface area contributed by atoms with Crippen LogP contribution in [0.15, 0.2) is 268 Å². The lowest BCUT2D eigenvalue weighted by atomic mass is 10.0. The average Bonchev–Trinajstić information content (AvgIpc) is 0.748. The van der Waals surface area contributed by atoms with E-state index in [0.717, 1.165) is 36.4 Å². The molecule has 0 N–H and O–H groups in total. The van der Waals surface area contributed by atoms with E-state index in [0.29, 0.717) is 73.6 Å². The molecule has 0 aliphatic rings. The number of sulfone groups is 2. The molecule has 0 amide bonds. The number of hydrogen-bond donors (Lipinski definition) is 0. The molecule has 0 spiro atoms. The quantitative estimate of drug-likeness (QED) is 0.0448. The van der Waals surface area contributed by atoms with Crippen molar-refractivity contribution in [1.29, 1.82) is 15.8 Å². The van der Waals surface area contributed by atoms with Crippen LogP contribution >= 0.6 is 92.8 Å². The van der Waals surface area contributed by atoms with Gasteiger partial charge in [-0.3, -0.25) is 9.59 Å². The molecule has 13 aromatic rings. The van der Waals surface area contributed by atoms with Crippen LogP contribution in [0.1, 0.15) is 48.5 Å². The molecule has 0 heterocycles. The van der Waals surface area contributed by atoms with Crippen LogP contribution in [-0.4, -0.2) is 28.4 Å². The minimum atomic E-state index is -3.71. The van der Waals surface area contributed by atoms with Crippen LogP contribution in [0.3, 0.4) is 0 Å². The Morgan fingerprint density at radius 2 is 0.483 bits per heavy atom. The fourth-order valence-electron chi connectivity index (χ4n) is 8.90. The van der Waals surface area contributed by atoms with Gasteiger partial charge in [0.1, 0.15) is 58.7 Å². The number of ketones is 2. The van der Waals surface area contributed by atoms with E-state index < -0.39 is 129 Å². The Labute approximate surface area is 701 Å². The van der Waals surface area contributed by atoms with Crippen molar-refractivity contribution in [3.05, 3.63) is 421 Å². The molecule has 0 unspecified atom stereocenters. The van der Waals surface area contributed by atoms with Crippen molar-refractivity contribution in [1.82, 2.24) is 0 Å². The standard InChI is InChI=1S/C13H8Cl2O.C13H8F2O.C12H8Cl2O2S.C12F10.C12H8F2O2S.2C7H3Cl2N.C7H3F2N/c2*14-11-5-1-9(2-6-11)13(16)10-3-7-12(15)8-4-10;13-9-1-5-11(6-2-9)17(15,16)12-7-3-10(14)4-8-12;13-3-1(4(14)8(18)11(21)7(3)17)2-5(15)9(19)12(22)10(20)6(2)16;13-9-1-5-11(6-2-9)17(15,16)12-7-3-10(14)4-8-12;8-6-2-1-5(4-10)7(9)3-6;2*8-6-2-1-3-7(9)5(6)4-10/h2*1-8H;1-8H;;1-8H;3*1-3H. The topological polar surface area (TPSA) is 174 Å². The highest BCUT2D eigenvalue weighted by molar-refractivity contribution is 7.91. The first-order chi connectivity index (χ1) is 55.7. The highest BCUT2D eigenvalue weighted by atomic mass is 35.5. The van der Waals surface area contributed by atoms with Gasteiger partial charge < -0.3 is 0 Å². The molecule has 13 aromatic carbocycles. The van der Waals surface area contributed by atoms with Crippen molar-refractivity contribution in [2.24, 2.45) is 0 Å². The second-order valence-corrected chi connectivity index (χ2v) is 29.9. The van der Waals surface area contributed by atoms with Gasteiger partial charge in [-0.15, -0.1) is 0 Å². The van der Waals surface area contributed by atoms with E-state index in [9.17, 15) is 96.7 Å². The lowest BCUT2D eigenvalue weighted by Gasteiger charge is -2.11. The molecule has 0 aliphatic carbocycles. The Hall–Kier alpha value is -11.2. The molecule has 0 aromatic heterocycles. The number of benzene rings is 13. The van der Waals surface area contributed by atoms with Gasteiger partial charge in [-0.05, 0) is 237 Å². The smallest absolute Gasteiger partial charge is 0.206 e. The molecule has 0 atom stereocenters. The Balaban J connectivity index is 0.000000212. The summed E-state index contributed by atoms with van der Waals surface area (Å²) >= 11 is 45.4. The van der Waals surface area contributed by atoms with Gasteiger partial charge in [0, 0.05) is 47.4 Å². The molecule has 13 rings (SSSR count). The minimum Gasteiger partial charge on any atom is -0.289 e. The summed E-state index contributed by atoms with van der Waals surface area (Å²) in [7, 11) is -7.20. The van der Waals surface area contributed by atoms with Crippen molar-refractivity contribution in [3.8, 4) is 29.3 Å². The summed E-state index contributed by atoms with van der Waals surface area (Å²) in [6, 6.07) is 63.4. The zero-order valence-corrected chi connectivity index (χ0v) is 66.0. The Kier molecular flexibility index (Phi) is 35.9. The molecular formula is C83H41Cl8F16N3O6S2. The van der Waals surface area contributed by atoms with Gasteiger partial charge in [-0.2, -0.15) is 15.8 Å². The first-order valence-corrected chi connectivity index (χ1v) is 37.9. The first kappa shape index (κ1) is 95.6. The highest BCUT2D eigenvalue weighted by Gasteiger charge is 2.35. The van der Waals surface area contributed by atoms with E-state index in [2.05, 4.69) is 0 Å². The molecule has 35 heteroatoms. The van der Waals surface area contributed by atoms with Crippen molar-refractivity contribution in [3.63, 3.8) is 0 Å². The summed E-state index contributed by atoms with van der Waals surface area (Å²) in [4.78, 5) is 24.2. The number of carbonyl (C=O) groups excluding carboxylic acids is 2. The molecular weight excluding hydrogens is 1790 g/mol. The predicted octanol–water partition coefficient (Wildman–Crippen LogP) is 26.4. The zero-order valence-electron chi connectivity index (χ0n) is 58.4. The number of nitrogens with zero attached hydrogens (tertiary/aromatic N) is 3. The van der Waals surface area contributed by atoms with Crippen LogP contribution in [0.5, 0.6) is 0 Å². The van der Waals surface area contributed by atoms with Crippen LogP contribution in [0.25, 0.3) is 11.1 Å². The number of hydrogen-bond acceptors (Lipinski definition) is 9. The minimum absolute atomic E-state index is 0.0227. The Morgan fingerprint density at radius 1 is 0.254 bits per heavy atom. The average molecular weight is 1830 g/mol. The maximum absolute atomic E-state index is 13.4. The molecule has 118 heavy (non-hydrogen) atoms. The van der Waals surface area contributed by atoms with E-state index >= 15 is 0 Å². The first-order valence-electron chi connectivity index (χ1n) is 31.9. The zero-order chi connectivity index (χ0) is 87.6. The van der Waals surface area contributed by atoms with Crippen LogP contribution in [0, 0.1) is 127 Å². The fraction of sp³-hybridized carbons (Fsp3) is 0. The number of halogens is 24. The maximum Gasteiger partial charge on any atom is 0.206 e. The van der Waals surface area contributed by atoms with E-state index in [4.69, 9.17) is 109 Å². The summed E-state index contributed by atoms with van der Waals surface area (Å²) in [6.45, 7) is 0. The van der Waals surface area contributed by atoms with Gasteiger partial charge in [0.2, 0.25) is 31.3 Å². The summed E-state index contributed by atoms with van der Waals surface area (Å²) in [5.41, 5.74) is -2.26. The van der Waals surface area contributed by atoms with Crippen molar-refractivity contribution < 1.29 is 96.7 Å². The van der Waals surface area contributed by atoms with Gasteiger partial charge in [0.05, 0.1) is 56.9 Å². The molecule has 0 saturated heterocycles. The van der Waals surface area contributed by atoms with Crippen molar-refractivity contribution in [2.75, 3.05) is 0 Å². The maximum atomic E-state index is 13.4. The largest absolute Gasteiger partial charge is 0.289 e. The lowest BCUT2D eigenvalue weighted by molar-refractivity contribution is 0.103. The number of rotatable bonds is 9. The number of nitriles is 3. The van der Waals surface area contributed by atoms with E-state index in [-0.39, 0.29) is 31.1 Å². The van der Waals surface area contributed by atoms with Crippen molar-refractivity contribution >= 4 is 124 Å². The van der Waals surface area contributed by atoms with Crippen LogP contribution in [0.4, 0.5) is 70.2 Å². The van der Waals surface area contributed by atoms with Gasteiger partial charge in [-0.1, -0.05) is 105 Å². The van der Waals surface area contributed by atoms with Crippen molar-refractivity contribution in [2.45, 2.75) is 19.6 Å². The van der Waals surface area contributed by atoms with E-state index in [1.165, 1.54) is 109 Å². The lowest BCUT2D eigenvalue weighted by Crippen LogP contribution is -2.10. The Morgan fingerprint density at radius 3 is 0.729 bits per heavy atom. The normalized spacial score (nSPS) is 10.4. The molecule has 604 valence electrons. The monoisotopic (exact) mass is 1820 g/mol. The van der Waals surface area contributed by atoms with Crippen LogP contribution in [-0.2, 0) is 19.7 Å². The molecule has 0 bridgehead atoms. The van der Waals surface area contributed by atoms with Gasteiger partial charge >= 0.3 is 0 Å². The molecule has 0 saturated carbocycles. The third-order valence-electron chi connectivity index (χ3n) is 14.8. The molecule has 0 fully saturated rings. The highest BCUT2D eigenvalue weighted by Crippen LogP contribution is 2.38. The van der Waals surface area contributed by atoms with Crippen LogP contribution < -0.4 is 0 Å². The second kappa shape index (κ2) is 44.4. The fourth-order valence-corrected chi connectivity index (χ4v) is 12.9.